The molecule has 0 aliphatic heterocycles. The smallest absolute Gasteiger partial charge is 0.307 e. The molecule has 0 saturated heterocycles. The fraction of sp³-hybridized carbons (Fsp3) is 0.722. The molecule has 124 valence electrons. The van der Waals surface area contributed by atoms with Gasteiger partial charge in [-0.15, -0.1) is 0 Å². The van der Waals surface area contributed by atoms with Crippen LogP contribution in [0.1, 0.15) is 71.1 Å². The van der Waals surface area contributed by atoms with E-state index >= 15 is 0 Å². The van der Waals surface area contributed by atoms with Crippen molar-refractivity contribution >= 4 is 5.97 Å². The van der Waals surface area contributed by atoms with Gasteiger partial charge in [-0.1, -0.05) is 37.8 Å². The maximum atomic E-state index is 11.3. The van der Waals surface area contributed by atoms with Crippen LogP contribution in [-0.2, 0) is 9.53 Å². The molecule has 0 unspecified atom stereocenters. The summed E-state index contributed by atoms with van der Waals surface area (Å²) in [5, 5.41) is 20.9. The third kappa shape index (κ3) is 4.96. The second-order valence-electron chi connectivity index (χ2n) is 7.05. The summed E-state index contributed by atoms with van der Waals surface area (Å²) in [6, 6.07) is 0. The predicted molar refractivity (Wildman–Crippen MR) is 85.1 cm³/mol. The van der Waals surface area contributed by atoms with Gasteiger partial charge in [0.1, 0.15) is 5.76 Å². The lowest BCUT2D eigenvalue weighted by molar-refractivity contribution is -0.137. The summed E-state index contributed by atoms with van der Waals surface area (Å²) in [6.45, 7) is 5.39. The van der Waals surface area contributed by atoms with Crippen molar-refractivity contribution in [3.05, 3.63) is 24.0 Å². The molecule has 0 aromatic heterocycles. The monoisotopic (exact) mass is 308 g/mol. The Bertz CT molecular complexity index is 452. The third-order valence-corrected chi connectivity index (χ3v) is 4.71. The summed E-state index contributed by atoms with van der Waals surface area (Å²) in [5.41, 5.74) is -0.670. The van der Waals surface area contributed by atoms with Crippen LogP contribution >= 0.6 is 0 Å². The van der Waals surface area contributed by atoms with Crippen molar-refractivity contribution in [2.24, 2.45) is 0 Å². The van der Waals surface area contributed by atoms with Crippen LogP contribution in [-0.4, -0.2) is 27.4 Å². The molecule has 0 heterocycles. The van der Waals surface area contributed by atoms with E-state index < -0.39 is 11.2 Å². The van der Waals surface area contributed by atoms with Gasteiger partial charge in [-0.25, -0.2) is 0 Å². The van der Waals surface area contributed by atoms with Gasteiger partial charge in [0.2, 0.25) is 0 Å². The summed E-state index contributed by atoms with van der Waals surface area (Å²) in [7, 11) is 0. The molecule has 0 radical (unpaired) electrons. The van der Waals surface area contributed by atoms with Gasteiger partial charge in [0.25, 0.3) is 0 Å². The molecular formula is C18H28O4. The average Bonchev–Trinajstić information content (AvgIpc) is 2.97. The van der Waals surface area contributed by atoms with Crippen molar-refractivity contribution in [3.63, 3.8) is 0 Å². The average molecular weight is 308 g/mol. The maximum Gasteiger partial charge on any atom is 0.307 e. The van der Waals surface area contributed by atoms with Crippen LogP contribution in [0.4, 0.5) is 0 Å². The van der Waals surface area contributed by atoms with Gasteiger partial charge in [0.05, 0.1) is 11.2 Å². The molecule has 0 spiro atoms. The number of esters is 1. The lowest BCUT2D eigenvalue weighted by atomic mass is 9.91. The summed E-state index contributed by atoms with van der Waals surface area (Å²) >= 11 is 0. The Kier molecular flexibility index (Phi) is 5.45. The Hall–Kier alpha value is -1.13. The van der Waals surface area contributed by atoms with Crippen LogP contribution in [0.5, 0.6) is 0 Å². The van der Waals surface area contributed by atoms with E-state index in [1.54, 1.807) is 6.08 Å². The molecule has 2 rings (SSSR count). The van der Waals surface area contributed by atoms with E-state index in [0.29, 0.717) is 31.4 Å². The SMILES string of the molecule is C=C(C/C(=C\C1(O)CCCC1)OC(C)=O)CC1(O)CCCC1. The van der Waals surface area contributed by atoms with Gasteiger partial charge in [-0.05, 0) is 38.2 Å². The fourth-order valence-electron chi connectivity index (χ4n) is 3.72. The van der Waals surface area contributed by atoms with Crippen LogP contribution in [0, 0.1) is 0 Å². The molecule has 2 N–H and O–H groups in total. The molecule has 2 aliphatic carbocycles. The second kappa shape index (κ2) is 6.97. The van der Waals surface area contributed by atoms with Crippen molar-refractivity contribution < 1.29 is 19.7 Å². The molecule has 0 bridgehead atoms. The Morgan fingerprint density at radius 2 is 1.68 bits per heavy atom. The van der Waals surface area contributed by atoms with Crippen LogP contribution in [0.3, 0.4) is 0 Å². The number of rotatable bonds is 6. The first-order valence-corrected chi connectivity index (χ1v) is 8.32. The van der Waals surface area contributed by atoms with E-state index in [0.717, 1.165) is 44.1 Å². The van der Waals surface area contributed by atoms with E-state index in [1.165, 1.54) is 6.92 Å². The van der Waals surface area contributed by atoms with Crippen molar-refractivity contribution in [1.29, 1.82) is 0 Å². The van der Waals surface area contributed by atoms with Gasteiger partial charge in [-0.2, -0.15) is 0 Å². The zero-order chi connectivity index (χ0) is 16.2. The van der Waals surface area contributed by atoms with Crippen LogP contribution in [0.25, 0.3) is 0 Å². The molecule has 22 heavy (non-hydrogen) atoms. The molecule has 0 aromatic rings. The van der Waals surface area contributed by atoms with Gasteiger partial charge < -0.3 is 14.9 Å². The molecule has 0 aromatic carbocycles. The highest BCUT2D eigenvalue weighted by atomic mass is 16.5. The Labute approximate surface area is 132 Å². The van der Waals surface area contributed by atoms with Crippen molar-refractivity contribution in [3.8, 4) is 0 Å². The topological polar surface area (TPSA) is 66.8 Å². The molecule has 4 heteroatoms. The van der Waals surface area contributed by atoms with Gasteiger partial charge in [-0.3, -0.25) is 4.79 Å². The lowest BCUT2D eigenvalue weighted by Crippen LogP contribution is -2.25. The summed E-state index contributed by atoms with van der Waals surface area (Å²) in [5.74, 6) is 0.0729. The summed E-state index contributed by atoms with van der Waals surface area (Å²) < 4.78 is 5.27. The van der Waals surface area contributed by atoms with E-state index in [2.05, 4.69) is 6.58 Å². The maximum absolute atomic E-state index is 11.3. The lowest BCUT2D eigenvalue weighted by Gasteiger charge is -2.24. The number of carbonyl (C=O) groups excluding carboxylic acids is 1. The first-order valence-electron chi connectivity index (χ1n) is 8.32. The number of allylic oxidation sites excluding steroid dienone is 1. The molecule has 0 atom stereocenters. The number of hydrogen-bond donors (Lipinski definition) is 2. The number of aliphatic hydroxyl groups is 2. The van der Waals surface area contributed by atoms with Crippen LogP contribution in [0.2, 0.25) is 0 Å². The van der Waals surface area contributed by atoms with Gasteiger partial charge >= 0.3 is 5.97 Å². The highest BCUT2D eigenvalue weighted by Crippen LogP contribution is 2.37. The van der Waals surface area contributed by atoms with Crippen molar-refractivity contribution in [2.45, 2.75) is 82.3 Å². The van der Waals surface area contributed by atoms with Crippen molar-refractivity contribution in [1.82, 2.24) is 0 Å². The third-order valence-electron chi connectivity index (χ3n) is 4.71. The van der Waals surface area contributed by atoms with Crippen LogP contribution in [0.15, 0.2) is 24.0 Å². The van der Waals surface area contributed by atoms with Gasteiger partial charge in [0, 0.05) is 13.3 Å². The number of ether oxygens (including phenoxy) is 1. The molecule has 2 aliphatic rings. The van der Waals surface area contributed by atoms with Crippen LogP contribution < -0.4 is 0 Å². The molecule has 2 saturated carbocycles. The zero-order valence-corrected chi connectivity index (χ0v) is 13.6. The summed E-state index contributed by atoms with van der Waals surface area (Å²) in [6.07, 6.45) is 9.71. The summed E-state index contributed by atoms with van der Waals surface area (Å²) in [4.78, 5) is 11.3. The predicted octanol–water partition coefficient (Wildman–Crippen LogP) is 3.38. The Morgan fingerprint density at radius 1 is 1.14 bits per heavy atom. The minimum Gasteiger partial charge on any atom is -0.431 e. The first-order chi connectivity index (χ1) is 10.3. The molecular weight excluding hydrogens is 280 g/mol. The van der Waals surface area contributed by atoms with E-state index in [1.807, 2.05) is 0 Å². The Balaban J connectivity index is 2.01. The number of carbonyl (C=O) groups is 1. The van der Waals surface area contributed by atoms with Gasteiger partial charge in [0.15, 0.2) is 0 Å². The molecule has 4 nitrogen and oxygen atoms in total. The fourth-order valence-corrected chi connectivity index (χ4v) is 3.72. The van der Waals surface area contributed by atoms with Crippen molar-refractivity contribution in [2.75, 3.05) is 0 Å². The van der Waals surface area contributed by atoms with E-state index in [9.17, 15) is 15.0 Å². The second-order valence-corrected chi connectivity index (χ2v) is 7.05. The standard InChI is InChI=1S/C18H28O4/c1-14(12-17(20)7-3-4-8-17)11-16(22-15(2)19)13-18(21)9-5-6-10-18/h13,20-21H,1,3-12H2,2H3/b16-13+. The minimum absolute atomic E-state index is 0.389. The minimum atomic E-state index is -0.866. The van der Waals surface area contributed by atoms with E-state index in [-0.39, 0.29) is 5.97 Å². The van der Waals surface area contributed by atoms with E-state index in [4.69, 9.17) is 4.74 Å². The quantitative estimate of drug-likeness (QED) is 0.448. The zero-order valence-electron chi connectivity index (χ0n) is 13.6. The molecule has 0 amide bonds. The Morgan fingerprint density at radius 3 is 2.23 bits per heavy atom. The molecule has 2 fully saturated rings. The number of hydrogen-bond acceptors (Lipinski definition) is 4. The highest BCUT2D eigenvalue weighted by Gasteiger charge is 2.33. The normalized spacial score (nSPS) is 23.5. The largest absolute Gasteiger partial charge is 0.431 e. The first kappa shape index (κ1) is 17.2. The highest BCUT2D eigenvalue weighted by molar-refractivity contribution is 5.67.